The van der Waals surface area contributed by atoms with Crippen LogP contribution in [0.4, 0.5) is 4.79 Å². The first-order valence-corrected chi connectivity index (χ1v) is 6.23. The second-order valence-electron chi connectivity index (χ2n) is 4.67. The van der Waals surface area contributed by atoms with E-state index in [0.717, 1.165) is 16.6 Å². The number of halogens is 1. The average Bonchev–Trinajstić information content (AvgIpc) is 2.18. The number of carbonyl (C=O) groups is 1. The number of alkyl carbamates (subject to hydrolysis) is 1. The van der Waals surface area contributed by atoms with Crippen LogP contribution in [0.5, 0.6) is 0 Å². The molecule has 0 aliphatic heterocycles. The molecule has 0 aliphatic rings. The minimum absolute atomic E-state index is 0.387. The largest absolute Gasteiger partial charge is 0.444 e. The Kier molecular flexibility index (Phi) is 4.93. The standard InChI is InChI=1S/C12H17BrN2O2/c1-12(2,3)17-11(16)14-7-6-9-4-5-10(13)15-8-9/h4-5,8H,6-7H2,1-3H3,(H,14,16). The Labute approximate surface area is 110 Å². The molecular formula is C12H17BrN2O2. The van der Waals surface area contributed by atoms with Crippen LogP contribution in [-0.2, 0) is 11.2 Å². The van der Waals surface area contributed by atoms with Gasteiger partial charge in [-0.3, -0.25) is 0 Å². The number of amides is 1. The number of aromatic nitrogens is 1. The Bertz CT molecular complexity index is 371. The molecule has 0 saturated carbocycles. The molecule has 5 heteroatoms. The summed E-state index contributed by atoms with van der Waals surface area (Å²) >= 11 is 3.27. The molecule has 0 aromatic carbocycles. The van der Waals surface area contributed by atoms with Crippen molar-refractivity contribution in [3.05, 3.63) is 28.5 Å². The molecule has 0 bridgehead atoms. The third kappa shape index (κ3) is 6.26. The molecular weight excluding hydrogens is 284 g/mol. The van der Waals surface area contributed by atoms with E-state index in [2.05, 4.69) is 26.2 Å². The zero-order valence-corrected chi connectivity index (χ0v) is 11.9. The van der Waals surface area contributed by atoms with Crippen LogP contribution in [0.1, 0.15) is 26.3 Å². The van der Waals surface area contributed by atoms with E-state index in [1.807, 2.05) is 32.9 Å². The SMILES string of the molecule is CC(C)(C)OC(=O)NCCc1ccc(Br)nc1. The molecule has 1 heterocycles. The fraction of sp³-hybridized carbons (Fsp3) is 0.500. The highest BCUT2D eigenvalue weighted by Crippen LogP contribution is 2.07. The Morgan fingerprint density at radius 3 is 2.71 bits per heavy atom. The van der Waals surface area contributed by atoms with Crippen LogP contribution in [0, 0.1) is 0 Å². The predicted molar refractivity (Wildman–Crippen MR) is 69.9 cm³/mol. The van der Waals surface area contributed by atoms with Gasteiger partial charge in [0.1, 0.15) is 10.2 Å². The first-order valence-electron chi connectivity index (χ1n) is 5.44. The van der Waals surface area contributed by atoms with Crippen molar-refractivity contribution < 1.29 is 9.53 Å². The summed E-state index contributed by atoms with van der Waals surface area (Å²) in [5.41, 5.74) is 0.618. The summed E-state index contributed by atoms with van der Waals surface area (Å²) in [6.45, 7) is 6.06. The normalized spacial score (nSPS) is 11.1. The van der Waals surface area contributed by atoms with Crippen LogP contribution >= 0.6 is 15.9 Å². The summed E-state index contributed by atoms with van der Waals surface area (Å²) in [7, 11) is 0. The Morgan fingerprint density at radius 1 is 1.47 bits per heavy atom. The Balaban J connectivity index is 2.28. The van der Waals surface area contributed by atoms with E-state index >= 15 is 0 Å². The predicted octanol–water partition coefficient (Wildman–Crippen LogP) is 2.91. The topological polar surface area (TPSA) is 51.2 Å². The quantitative estimate of drug-likeness (QED) is 0.873. The van der Waals surface area contributed by atoms with Gasteiger partial charge in [0.05, 0.1) is 0 Å². The van der Waals surface area contributed by atoms with E-state index in [-0.39, 0.29) is 6.09 Å². The summed E-state index contributed by atoms with van der Waals surface area (Å²) in [6.07, 6.45) is 2.13. The number of hydrogen-bond donors (Lipinski definition) is 1. The van der Waals surface area contributed by atoms with Crippen molar-refractivity contribution in [1.82, 2.24) is 10.3 Å². The summed E-state index contributed by atoms with van der Waals surface area (Å²) in [5, 5.41) is 2.70. The highest BCUT2D eigenvalue weighted by molar-refractivity contribution is 9.10. The van der Waals surface area contributed by atoms with E-state index < -0.39 is 5.60 Å². The van der Waals surface area contributed by atoms with E-state index in [4.69, 9.17) is 4.74 Å². The van der Waals surface area contributed by atoms with Gasteiger partial charge < -0.3 is 10.1 Å². The van der Waals surface area contributed by atoms with Gasteiger partial charge in [0.2, 0.25) is 0 Å². The molecule has 0 fully saturated rings. The molecule has 1 rings (SSSR count). The zero-order chi connectivity index (χ0) is 12.9. The number of hydrogen-bond acceptors (Lipinski definition) is 3. The molecule has 94 valence electrons. The number of carbonyl (C=O) groups excluding carboxylic acids is 1. The summed E-state index contributed by atoms with van der Waals surface area (Å²) in [5.74, 6) is 0. The minimum atomic E-state index is -0.455. The van der Waals surface area contributed by atoms with Crippen LogP contribution in [-0.4, -0.2) is 23.2 Å². The molecule has 0 radical (unpaired) electrons. The van der Waals surface area contributed by atoms with E-state index in [1.54, 1.807) is 6.20 Å². The van der Waals surface area contributed by atoms with Gasteiger partial charge in [-0.05, 0) is 54.8 Å². The van der Waals surface area contributed by atoms with Crippen molar-refractivity contribution in [3.8, 4) is 0 Å². The van der Waals surface area contributed by atoms with Crippen molar-refractivity contribution in [2.75, 3.05) is 6.54 Å². The second kappa shape index (κ2) is 6.00. The van der Waals surface area contributed by atoms with Gasteiger partial charge in [-0.2, -0.15) is 0 Å². The number of rotatable bonds is 3. The molecule has 0 atom stereocenters. The second-order valence-corrected chi connectivity index (χ2v) is 5.48. The van der Waals surface area contributed by atoms with Crippen LogP contribution in [0.3, 0.4) is 0 Å². The van der Waals surface area contributed by atoms with Gasteiger partial charge in [-0.15, -0.1) is 0 Å². The van der Waals surface area contributed by atoms with Crippen molar-refractivity contribution in [3.63, 3.8) is 0 Å². The third-order valence-corrected chi connectivity index (χ3v) is 2.34. The Morgan fingerprint density at radius 2 is 2.18 bits per heavy atom. The van der Waals surface area contributed by atoms with Gasteiger partial charge >= 0.3 is 6.09 Å². The molecule has 0 spiro atoms. The maximum Gasteiger partial charge on any atom is 0.407 e. The van der Waals surface area contributed by atoms with Crippen molar-refractivity contribution in [2.45, 2.75) is 32.8 Å². The lowest BCUT2D eigenvalue weighted by Gasteiger charge is -2.19. The summed E-state index contributed by atoms with van der Waals surface area (Å²) in [6, 6.07) is 3.84. The number of ether oxygens (including phenoxy) is 1. The highest BCUT2D eigenvalue weighted by Gasteiger charge is 2.15. The summed E-state index contributed by atoms with van der Waals surface area (Å²) in [4.78, 5) is 15.5. The fourth-order valence-corrected chi connectivity index (χ4v) is 1.41. The highest BCUT2D eigenvalue weighted by atomic mass is 79.9. The smallest absolute Gasteiger partial charge is 0.407 e. The van der Waals surface area contributed by atoms with Crippen LogP contribution < -0.4 is 5.32 Å². The Hall–Kier alpha value is -1.10. The molecule has 1 aromatic rings. The summed E-state index contributed by atoms with van der Waals surface area (Å²) < 4.78 is 5.93. The molecule has 0 unspecified atom stereocenters. The molecule has 0 saturated heterocycles. The van der Waals surface area contributed by atoms with Crippen LogP contribution in [0.15, 0.2) is 22.9 Å². The van der Waals surface area contributed by atoms with Crippen molar-refractivity contribution >= 4 is 22.0 Å². The van der Waals surface area contributed by atoms with E-state index in [9.17, 15) is 4.79 Å². The van der Waals surface area contributed by atoms with Crippen molar-refractivity contribution in [1.29, 1.82) is 0 Å². The fourth-order valence-electron chi connectivity index (χ4n) is 1.18. The molecule has 1 amide bonds. The molecule has 1 aromatic heterocycles. The molecule has 17 heavy (non-hydrogen) atoms. The van der Waals surface area contributed by atoms with Gasteiger partial charge in [0.15, 0.2) is 0 Å². The van der Waals surface area contributed by atoms with E-state index in [1.165, 1.54) is 0 Å². The lowest BCUT2D eigenvalue weighted by molar-refractivity contribution is 0.0528. The zero-order valence-electron chi connectivity index (χ0n) is 10.3. The third-order valence-electron chi connectivity index (χ3n) is 1.87. The lowest BCUT2D eigenvalue weighted by atomic mass is 10.2. The first kappa shape index (κ1) is 14.0. The van der Waals surface area contributed by atoms with Crippen LogP contribution in [0.2, 0.25) is 0 Å². The van der Waals surface area contributed by atoms with Gasteiger partial charge in [0, 0.05) is 12.7 Å². The number of pyridine rings is 1. The first-order chi connectivity index (χ1) is 7.87. The van der Waals surface area contributed by atoms with Crippen LogP contribution in [0.25, 0.3) is 0 Å². The maximum absolute atomic E-state index is 11.3. The minimum Gasteiger partial charge on any atom is -0.444 e. The number of nitrogens with one attached hydrogen (secondary N) is 1. The average molecular weight is 301 g/mol. The monoisotopic (exact) mass is 300 g/mol. The lowest BCUT2D eigenvalue weighted by Crippen LogP contribution is -2.33. The molecule has 0 aliphatic carbocycles. The van der Waals surface area contributed by atoms with Crippen molar-refractivity contribution in [2.24, 2.45) is 0 Å². The maximum atomic E-state index is 11.3. The van der Waals surface area contributed by atoms with E-state index in [0.29, 0.717) is 6.54 Å². The number of nitrogens with zero attached hydrogens (tertiary/aromatic N) is 1. The van der Waals surface area contributed by atoms with Gasteiger partial charge in [-0.1, -0.05) is 6.07 Å². The molecule has 1 N–H and O–H groups in total. The molecule has 4 nitrogen and oxygen atoms in total. The van der Waals surface area contributed by atoms with Gasteiger partial charge in [-0.25, -0.2) is 9.78 Å². The van der Waals surface area contributed by atoms with Gasteiger partial charge in [0.25, 0.3) is 0 Å².